The van der Waals surface area contributed by atoms with E-state index < -0.39 is 0 Å². The fourth-order valence-electron chi connectivity index (χ4n) is 1.84. The summed E-state index contributed by atoms with van der Waals surface area (Å²) in [7, 11) is 3.09. The Kier molecular flexibility index (Phi) is 5.01. The van der Waals surface area contributed by atoms with Gasteiger partial charge in [0.1, 0.15) is 11.5 Å². The zero-order valence-corrected chi connectivity index (χ0v) is 12.6. The lowest BCUT2D eigenvalue weighted by atomic mass is 10.1. The first-order chi connectivity index (χ1) is 10.1. The number of ketones is 1. The van der Waals surface area contributed by atoms with Crippen LogP contribution < -0.4 is 9.47 Å². The van der Waals surface area contributed by atoms with Gasteiger partial charge in [-0.05, 0) is 35.9 Å². The van der Waals surface area contributed by atoms with Gasteiger partial charge < -0.3 is 9.47 Å². The quantitative estimate of drug-likeness (QED) is 0.612. The molecular formula is C17H15ClO3. The van der Waals surface area contributed by atoms with Crippen LogP contribution in [0.15, 0.2) is 48.5 Å². The monoisotopic (exact) mass is 302 g/mol. The maximum absolute atomic E-state index is 12.2. The van der Waals surface area contributed by atoms with E-state index >= 15 is 0 Å². The number of allylic oxidation sites excluding steroid dienone is 1. The van der Waals surface area contributed by atoms with E-state index in [1.54, 1.807) is 43.5 Å². The minimum atomic E-state index is -0.135. The molecule has 21 heavy (non-hydrogen) atoms. The van der Waals surface area contributed by atoms with Gasteiger partial charge in [-0.15, -0.1) is 0 Å². The van der Waals surface area contributed by atoms with Gasteiger partial charge in [-0.2, -0.15) is 0 Å². The lowest BCUT2D eigenvalue weighted by Gasteiger charge is -2.07. The molecule has 3 nitrogen and oxygen atoms in total. The van der Waals surface area contributed by atoms with E-state index in [0.717, 1.165) is 5.56 Å². The number of benzene rings is 2. The molecule has 0 spiro atoms. The molecule has 0 atom stereocenters. The number of ether oxygens (including phenoxy) is 2. The number of rotatable bonds is 5. The molecule has 0 saturated heterocycles. The Morgan fingerprint density at radius 1 is 1.05 bits per heavy atom. The van der Waals surface area contributed by atoms with Gasteiger partial charge in [-0.25, -0.2) is 0 Å². The Hall–Kier alpha value is -2.26. The van der Waals surface area contributed by atoms with Crippen LogP contribution in [-0.4, -0.2) is 20.0 Å². The third-order valence-electron chi connectivity index (χ3n) is 2.97. The molecule has 0 fully saturated rings. The van der Waals surface area contributed by atoms with Crippen molar-refractivity contribution in [1.82, 2.24) is 0 Å². The first kappa shape index (κ1) is 15.1. The van der Waals surface area contributed by atoms with Crippen molar-refractivity contribution < 1.29 is 14.3 Å². The summed E-state index contributed by atoms with van der Waals surface area (Å²) >= 11 is 5.82. The van der Waals surface area contributed by atoms with Gasteiger partial charge in [0.05, 0.1) is 19.8 Å². The van der Waals surface area contributed by atoms with Crippen LogP contribution in [0.2, 0.25) is 5.02 Å². The molecule has 0 N–H and O–H groups in total. The Balaban J connectivity index is 2.22. The van der Waals surface area contributed by atoms with Crippen LogP contribution in [0.3, 0.4) is 0 Å². The largest absolute Gasteiger partial charge is 0.497 e. The van der Waals surface area contributed by atoms with Gasteiger partial charge in [0.2, 0.25) is 0 Å². The van der Waals surface area contributed by atoms with Crippen molar-refractivity contribution in [1.29, 1.82) is 0 Å². The SMILES string of the molecule is COc1ccc(C(=O)C=Cc2ccc(Cl)cc2)c(OC)c1. The summed E-state index contributed by atoms with van der Waals surface area (Å²) in [5.74, 6) is 0.995. The molecule has 108 valence electrons. The highest BCUT2D eigenvalue weighted by molar-refractivity contribution is 6.30. The van der Waals surface area contributed by atoms with Crippen LogP contribution >= 0.6 is 11.6 Å². The van der Waals surface area contributed by atoms with Gasteiger partial charge in [0.25, 0.3) is 0 Å². The first-order valence-corrected chi connectivity index (χ1v) is 6.72. The minimum absolute atomic E-state index is 0.135. The summed E-state index contributed by atoms with van der Waals surface area (Å²) in [5.41, 5.74) is 1.39. The average Bonchev–Trinajstić information content (AvgIpc) is 2.53. The molecule has 0 radical (unpaired) electrons. The average molecular weight is 303 g/mol. The van der Waals surface area contributed by atoms with E-state index in [0.29, 0.717) is 22.1 Å². The van der Waals surface area contributed by atoms with Crippen molar-refractivity contribution in [3.8, 4) is 11.5 Å². The summed E-state index contributed by atoms with van der Waals surface area (Å²) in [5, 5.41) is 0.662. The van der Waals surface area contributed by atoms with Gasteiger partial charge >= 0.3 is 0 Å². The van der Waals surface area contributed by atoms with E-state index in [1.807, 2.05) is 12.1 Å². The Morgan fingerprint density at radius 3 is 2.38 bits per heavy atom. The number of methoxy groups -OCH3 is 2. The molecule has 2 rings (SSSR count). The molecule has 2 aromatic carbocycles. The third-order valence-corrected chi connectivity index (χ3v) is 3.22. The fourth-order valence-corrected chi connectivity index (χ4v) is 1.96. The highest BCUT2D eigenvalue weighted by Gasteiger charge is 2.10. The van der Waals surface area contributed by atoms with Crippen molar-refractivity contribution in [3.63, 3.8) is 0 Å². The topological polar surface area (TPSA) is 35.5 Å². The number of hydrogen-bond acceptors (Lipinski definition) is 3. The maximum Gasteiger partial charge on any atom is 0.189 e. The predicted molar refractivity (Wildman–Crippen MR) is 84.4 cm³/mol. The number of carbonyl (C=O) groups is 1. The summed E-state index contributed by atoms with van der Waals surface area (Å²) in [6.07, 6.45) is 3.25. The van der Waals surface area contributed by atoms with Crippen LogP contribution in [0, 0.1) is 0 Å². The van der Waals surface area contributed by atoms with Crippen molar-refractivity contribution >= 4 is 23.5 Å². The van der Waals surface area contributed by atoms with E-state index in [1.165, 1.54) is 13.2 Å². The second-order valence-corrected chi connectivity index (χ2v) is 4.75. The number of hydrogen-bond donors (Lipinski definition) is 0. The Morgan fingerprint density at radius 2 is 1.76 bits per heavy atom. The summed E-state index contributed by atoms with van der Waals surface area (Å²) in [6, 6.07) is 12.3. The van der Waals surface area contributed by atoms with Crippen LogP contribution in [0.1, 0.15) is 15.9 Å². The van der Waals surface area contributed by atoms with Crippen LogP contribution in [-0.2, 0) is 0 Å². The Labute approximate surface area is 128 Å². The maximum atomic E-state index is 12.2. The molecule has 0 bridgehead atoms. The molecule has 0 unspecified atom stereocenters. The summed E-state index contributed by atoms with van der Waals surface area (Å²) in [4.78, 5) is 12.2. The molecule has 0 aromatic heterocycles. The normalized spacial score (nSPS) is 10.6. The first-order valence-electron chi connectivity index (χ1n) is 6.34. The second-order valence-electron chi connectivity index (χ2n) is 4.32. The van der Waals surface area contributed by atoms with Crippen molar-refractivity contribution in [2.24, 2.45) is 0 Å². The zero-order chi connectivity index (χ0) is 15.2. The highest BCUT2D eigenvalue weighted by atomic mass is 35.5. The molecule has 0 saturated carbocycles. The highest BCUT2D eigenvalue weighted by Crippen LogP contribution is 2.25. The van der Waals surface area contributed by atoms with Gasteiger partial charge in [-0.1, -0.05) is 29.8 Å². The van der Waals surface area contributed by atoms with Gasteiger partial charge in [0.15, 0.2) is 5.78 Å². The van der Waals surface area contributed by atoms with Crippen molar-refractivity contribution in [3.05, 3.63) is 64.7 Å². The number of carbonyl (C=O) groups excluding carboxylic acids is 1. The summed E-state index contributed by atoms with van der Waals surface area (Å²) < 4.78 is 10.3. The molecular weight excluding hydrogens is 288 g/mol. The molecule has 0 aliphatic heterocycles. The van der Waals surface area contributed by atoms with Crippen LogP contribution in [0.4, 0.5) is 0 Å². The lowest BCUT2D eigenvalue weighted by Crippen LogP contribution is -1.99. The second kappa shape index (κ2) is 6.95. The Bertz CT molecular complexity index is 660. The minimum Gasteiger partial charge on any atom is -0.497 e. The van der Waals surface area contributed by atoms with E-state index in [9.17, 15) is 4.79 Å². The molecule has 0 amide bonds. The van der Waals surface area contributed by atoms with Gasteiger partial charge in [-0.3, -0.25) is 4.79 Å². The van der Waals surface area contributed by atoms with E-state index in [4.69, 9.17) is 21.1 Å². The van der Waals surface area contributed by atoms with Crippen LogP contribution in [0.5, 0.6) is 11.5 Å². The molecule has 4 heteroatoms. The standard InChI is InChI=1S/C17H15ClO3/c1-20-14-8-9-15(17(11-14)21-2)16(19)10-5-12-3-6-13(18)7-4-12/h3-11H,1-2H3. The summed E-state index contributed by atoms with van der Waals surface area (Å²) in [6.45, 7) is 0. The lowest BCUT2D eigenvalue weighted by molar-refractivity contribution is 0.104. The van der Waals surface area contributed by atoms with Gasteiger partial charge in [0, 0.05) is 11.1 Å². The van der Waals surface area contributed by atoms with Crippen LogP contribution in [0.25, 0.3) is 6.08 Å². The fraction of sp³-hybridized carbons (Fsp3) is 0.118. The third kappa shape index (κ3) is 3.86. The van der Waals surface area contributed by atoms with E-state index in [2.05, 4.69) is 0 Å². The predicted octanol–water partition coefficient (Wildman–Crippen LogP) is 4.25. The molecule has 0 aliphatic rings. The zero-order valence-electron chi connectivity index (χ0n) is 11.8. The smallest absolute Gasteiger partial charge is 0.189 e. The number of halogens is 1. The van der Waals surface area contributed by atoms with Crippen molar-refractivity contribution in [2.75, 3.05) is 14.2 Å². The molecule has 2 aromatic rings. The van der Waals surface area contributed by atoms with Crippen molar-refractivity contribution in [2.45, 2.75) is 0 Å². The molecule has 0 aliphatic carbocycles. The van der Waals surface area contributed by atoms with E-state index in [-0.39, 0.29) is 5.78 Å². The molecule has 0 heterocycles.